The highest BCUT2D eigenvalue weighted by molar-refractivity contribution is 8.00. The molecular formula is C18H16FN3OS. The average molecular weight is 341 g/mol. The van der Waals surface area contributed by atoms with Crippen LogP contribution in [0.15, 0.2) is 59.8 Å². The molecule has 6 heteroatoms. The molecule has 122 valence electrons. The van der Waals surface area contributed by atoms with Gasteiger partial charge in [0.15, 0.2) is 16.8 Å². The van der Waals surface area contributed by atoms with Gasteiger partial charge in [0.25, 0.3) is 0 Å². The van der Waals surface area contributed by atoms with E-state index in [1.807, 2.05) is 25.1 Å². The summed E-state index contributed by atoms with van der Waals surface area (Å²) in [5.41, 5.74) is 1.05. The minimum atomic E-state index is -0.349. The third kappa shape index (κ3) is 3.23. The van der Waals surface area contributed by atoms with Crippen LogP contribution in [0.5, 0.6) is 0 Å². The van der Waals surface area contributed by atoms with Crippen molar-refractivity contribution in [2.24, 2.45) is 7.05 Å². The van der Waals surface area contributed by atoms with Crippen molar-refractivity contribution in [3.8, 4) is 11.4 Å². The van der Waals surface area contributed by atoms with Gasteiger partial charge in [0.1, 0.15) is 5.82 Å². The van der Waals surface area contributed by atoms with Crippen LogP contribution in [-0.2, 0) is 7.05 Å². The van der Waals surface area contributed by atoms with E-state index >= 15 is 0 Å². The molecule has 1 heterocycles. The number of ketones is 1. The number of thioether (sulfide) groups is 1. The molecule has 4 nitrogen and oxygen atoms in total. The van der Waals surface area contributed by atoms with Gasteiger partial charge < -0.3 is 4.57 Å². The van der Waals surface area contributed by atoms with Crippen LogP contribution in [0.1, 0.15) is 17.3 Å². The van der Waals surface area contributed by atoms with Gasteiger partial charge in [-0.15, -0.1) is 10.2 Å². The second-order valence-corrected chi connectivity index (χ2v) is 6.64. The molecule has 0 aliphatic carbocycles. The van der Waals surface area contributed by atoms with Gasteiger partial charge in [0, 0.05) is 12.6 Å². The summed E-state index contributed by atoms with van der Waals surface area (Å²) in [5, 5.41) is 8.44. The minimum Gasteiger partial charge on any atom is -0.305 e. The summed E-state index contributed by atoms with van der Waals surface area (Å²) in [6, 6.07) is 15.6. The molecule has 0 bridgehead atoms. The lowest BCUT2D eigenvalue weighted by molar-refractivity contribution is 0.0994. The molecule has 2 aromatic carbocycles. The van der Waals surface area contributed by atoms with Gasteiger partial charge in [-0.25, -0.2) is 4.39 Å². The molecule has 0 aliphatic rings. The van der Waals surface area contributed by atoms with Crippen molar-refractivity contribution in [2.45, 2.75) is 17.3 Å². The van der Waals surface area contributed by atoms with E-state index in [0.29, 0.717) is 22.1 Å². The third-order valence-electron chi connectivity index (χ3n) is 3.66. The van der Waals surface area contributed by atoms with Crippen molar-refractivity contribution in [1.82, 2.24) is 14.8 Å². The first-order valence-corrected chi connectivity index (χ1v) is 8.36. The third-order valence-corrected chi connectivity index (χ3v) is 4.79. The summed E-state index contributed by atoms with van der Waals surface area (Å²) >= 11 is 1.31. The molecular weight excluding hydrogens is 325 g/mol. The predicted octanol–water partition coefficient (Wildman–Crippen LogP) is 3.98. The predicted molar refractivity (Wildman–Crippen MR) is 92.5 cm³/mol. The summed E-state index contributed by atoms with van der Waals surface area (Å²) < 4.78 is 15.6. The maximum absolute atomic E-state index is 13.9. The quantitative estimate of drug-likeness (QED) is 0.520. The first-order chi connectivity index (χ1) is 11.6. The van der Waals surface area contributed by atoms with Crippen molar-refractivity contribution in [1.29, 1.82) is 0 Å². The van der Waals surface area contributed by atoms with Gasteiger partial charge in [0.05, 0.1) is 10.8 Å². The summed E-state index contributed by atoms with van der Waals surface area (Å²) in [5.74, 6) is 0.115. The smallest absolute Gasteiger partial charge is 0.191 e. The molecule has 3 aromatic rings. The van der Waals surface area contributed by atoms with E-state index in [0.717, 1.165) is 0 Å². The Balaban J connectivity index is 1.82. The lowest BCUT2D eigenvalue weighted by Crippen LogP contribution is -2.14. The molecule has 0 aliphatic heterocycles. The standard InChI is InChI=1S/C18H16FN3OS/c1-12(16(23)13-8-4-3-5-9-13)24-18-21-20-17(22(18)2)14-10-6-7-11-15(14)19/h3-12H,1-2H3. The van der Waals surface area contributed by atoms with Gasteiger partial charge >= 0.3 is 0 Å². The minimum absolute atomic E-state index is 0.0241. The lowest BCUT2D eigenvalue weighted by Gasteiger charge is -2.10. The molecule has 0 N–H and O–H groups in total. The van der Waals surface area contributed by atoms with E-state index in [9.17, 15) is 9.18 Å². The Labute approximate surface area is 143 Å². The number of hydrogen-bond acceptors (Lipinski definition) is 4. The number of Topliss-reactive ketones (excluding diaryl/α,β-unsaturated/α-hetero) is 1. The van der Waals surface area contributed by atoms with E-state index < -0.39 is 0 Å². The maximum atomic E-state index is 13.9. The lowest BCUT2D eigenvalue weighted by atomic mass is 10.1. The molecule has 0 radical (unpaired) electrons. The fraction of sp³-hybridized carbons (Fsp3) is 0.167. The molecule has 1 unspecified atom stereocenters. The number of benzene rings is 2. The van der Waals surface area contributed by atoms with Gasteiger partial charge in [-0.2, -0.15) is 0 Å². The molecule has 0 saturated heterocycles. The Morgan fingerprint density at radius 1 is 1.08 bits per heavy atom. The van der Waals surface area contributed by atoms with Crippen molar-refractivity contribution in [2.75, 3.05) is 0 Å². The van der Waals surface area contributed by atoms with Gasteiger partial charge in [-0.3, -0.25) is 4.79 Å². The molecule has 3 rings (SSSR count). The van der Waals surface area contributed by atoms with Crippen LogP contribution in [-0.4, -0.2) is 25.8 Å². The molecule has 24 heavy (non-hydrogen) atoms. The largest absolute Gasteiger partial charge is 0.305 e. The molecule has 1 aromatic heterocycles. The average Bonchev–Trinajstić information content (AvgIpc) is 2.96. The Bertz CT molecular complexity index is 864. The fourth-order valence-electron chi connectivity index (χ4n) is 2.34. The van der Waals surface area contributed by atoms with Crippen LogP contribution < -0.4 is 0 Å². The van der Waals surface area contributed by atoms with E-state index in [1.54, 1.807) is 41.9 Å². The van der Waals surface area contributed by atoms with E-state index in [1.165, 1.54) is 17.8 Å². The zero-order valence-electron chi connectivity index (χ0n) is 13.3. The molecule has 0 fully saturated rings. The Morgan fingerprint density at radius 3 is 2.46 bits per heavy atom. The number of aromatic nitrogens is 3. The van der Waals surface area contributed by atoms with Crippen molar-refractivity contribution in [3.05, 3.63) is 66.0 Å². The summed E-state index contributed by atoms with van der Waals surface area (Å²) in [6.07, 6.45) is 0. The highest BCUT2D eigenvalue weighted by atomic mass is 32.2. The van der Waals surface area contributed by atoms with Crippen molar-refractivity contribution < 1.29 is 9.18 Å². The summed E-state index contributed by atoms with van der Waals surface area (Å²) in [4.78, 5) is 12.5. The van der Waals surface area contributed by atoms with Crippen LogP contribution in [0.4, 0.5) is 4.39 Å². The van der Waals surface area contributed by atoms with Gasteiger partial charge in [-0.1, -0.05) is 54.2 Å². The number of nitrogens with zero attached hydrogens (tertiary/aromatic N) is 3. The zero-order chi connectivity index (χ0) is 17.1. The number of rotatable bonds is 5. The topological polar surface area (TPSA) is 47.8 Å². The number of carbonyl (C=O) groups is 1. The van der Waals surface area contributed by atoms with Gasteiger partial charge in [-0.05, 0) is 19.1 Å². The highest BCUT2D eigenvalue weighted by Gasteiger charge is 2.21. The molecule has 0 saturated carbocycles. The van der Waals surface area contributed by atoms with Crippen LogP contribution in [0, 0.1) is 5.82 Å². The molecule has 0 spiro atoms. The summed E-state index contributed by atoms with van der Waals surface area (Å²) in [7, 11) is 1.77. The van der Waals surface area contributed by atoms with E-state index in [-0.39, 0.29) is 16.9 Å². The second-order valence-electron chi connectivity index (χ2n) is 5.34. The number of carbonyl (C=O) groups excluding carboxylic acids is 1. The molecule has 1 atom stereocenters. The van der Waals surface area contributed by atoms with E-state index in [4.69, 9.17) is 0 Å². The van der Waals surface area contributed by atoms with Gasteiger partial charge in [0.2, 0.25) is 0 Å². The van der Waals surface area contributed by atoms with Crippen LogP contribution in [0.2, 0.25) is 0 Å². The van der Waals surface area contributed by atoms with Crippen LogP contribution >= 0.6 is 11.8 Å². The summed E-state index contributed by atoms with van der Waals surface area (Å²) in [6.45, 7) is 1.83. The Kier molecular flexibility index (Phi) is 4.76. The monoisotopic (exact) mass is 341 g/mol. The van der Waals surface area contributed by atoms with Crippen molar-refractivity contribution >= 4 is 17.5 Å². The zero-order valence-corrected chi connectivity index (χ0v) is 14.1. The van der Waals surface area contributed by atoms with Crippen LogP contribution in [0.3, 0.4) is 0 Å². The highest BCUT2D eigenvalue weighted by Crippen LogP contribution is 2.28. The van der Waals surface area contributed by atoms with Crippen molar-refractivity contribution in [3.63, 3.8) is 0 Å². The Morgan fingerprint density at radius 2 is 1.75 bits per heavy atom. The Hall–Kier alpha value is -2.47. The fourth-order valence-corrected chi connectivity index (χ4v) is 3.24. The second kappa shape index (κ2) is 6.97. The number of halogens is 1. The SMILES string of the molecule is CC(Sc1nnc(-c2ccccc2F)n1C)C(=O)c1ccccc1. The first kappa shape index (κ1) is 16.4. The first-order valence-electron chi connectivity index (χ1n) is 7.48. The number of hydrogen-bond donors (Lipinski definition) is 0. The maximum Gasteiger partial charge on any atom is 0.191 e. The van der Waals surface area contributed by atoms with E-state index in [2.05, 4.69) is 10.2 Å². The van der Waals surface area contributed by atoms with Crippen LogP contribution in [0.25, 0.3) is 11.4 Å². The molecule has 0 amide bonds. The normalized spacial score (nSPS) is 12.1.